The molecule has 1 aliphatic rings. The molecule has 0 unspecified atom stereocenters. The Hall–Kier alpha value is -1.13. The summed E-state index contributed by atoms with van der Waals surface area (Å²) in [6.45, 7) is 6.62. The van der Waals surface area contributed by atoms with E-state index in [0.717, 1.165) is 32.7 Å². The number of aliphatic hydroxyl groups excluding tert-OH is 1. The van der Waals surface area contributed by atoms with Crippen LogP contribution in [0.3, 0.4) is 0 Å². The van der Waals surface area contributed by atoms with Gasteiger partial charge in [-0.3, -0.25) is 0 Å². The number of rotatable bonds is 3. The van der Waals surface area contributed by atoms with Crippen molar-refractivity contribution in [2.24, 2.45) is 0 Å². The zero-order chi connectivity index (χ0) is 12.3. The molecule has 2 rings (SSSR count). The van der Waals surface area contributed by atoms with Crippen molar-refractivity contribution in [3.63, 3.8) is 0 Å². The largest absolute Gasteiger partial charge is 0.392 e. The Morgan fingerprint density at radius 1 is 1.24 bits per heavy atom. The standard InChI is InChI=1S/C13H19FN2O/c1-2-15-6-8-16(9-7-15)13-11(10-17)4-3-5-12(13)14/h3-5,17H,2,6-10H2,1H3. The Morgan fingerprint density at radius 2 is 1.94 bits per heavy atom. The third-order valence-electron chi connectivity index (χ3n) is 3.38. The normalized spacial score (nSPS) is 17.5. The highest BCUT2D eigenvalue weighted by Crippen LogP contribution is 2.25. The van der Waals surface area contributed by atoms with Crippen LogP contribution in [0.25, 0.3) is 0 Å². The van der Waals surface area contributed by atoms with Crippen molar-refractivity contribution in [1.29, 1.82) is 0 Å². The number of piperazine rings is 1. The Balaban J connectivity index is 2.17. The lowest BCUT2D eigenvalue weighted by molar-refractivity contribution is 0.266. The summed E-state index contributed by atoms with van der Waals surface area (Å²) >= 11 is 0. The van der Waals surface area contributed by atoms with Crippen LogP contribution in [0, 0.1) is 5.82 Å². The molecule has 0 radical (unpaired) electrons. The molecule has 1 N–H and O–H groups in total. The van der Waals surface area contributed by atoms with E-state index in [-0.39, 0.29) is 12.4 Å². The van der Waals surface area contributed by atoms with Crippen molar-refractivity contribution >= 4 is 5.69 Å². The molecular weight excluding hydrogens is 219 g/mol. The monoisotopic (exact) mass is 238 g/mol. The van der Waals surface area contributed by atoms with Gasteiger partial charge in [0.1, 0.15) is 5.82 Å². The first kappa shape index (κ1) is 12.3. The van der Waals surface area contributed by atoms with E-state index in [4.69, 9.17) is 0 Å². The molecule has 1 aliphatic heterocycles. The van der Waals surface area contributed by atoms with Crippen molar-refractivity contribution < 1.29 is 9.50 Å². The maximum absolute atomic E-state index is 13.8. The number of halogens is 1. The predicted molar refractivity (Wildman–Crippen MR) is 66.6 cm³/mol. The maximum Gasteiger partial charge on any atom is 0.146 e. The first-order chi connectivity index (χ1) is 8.26. The number of nitrogens with zero attached hydrogens (tertiary/aromatic N) is 2. The number of benzene rings is 1. The van der Waals surface area contributed by atoms with Gasteiger partial charge in [-0.1, -0.05) is 19.1 Å². The van der Waals surface area contributed by atoms with Gasteiger partial charge in [0, 0.05) is 31.7 Å². The van der Waals surface area contributed by atoms with Crippen LogP contribution in [0.1, 0.15) is 12.5 Å². The molecule has 0 aromatic heterocycles. The topological polar surface area (TPSA) is 26.7 Å². The van der Waals surface area contributed by atoms with E-state index in [1.165, 1.54) is 6.07 Å². The second-order valence-corrected chi connectivity index (χ2v) is 4.33. The lowest BCUT2D eigenvalue weighted by Gasteiger charge is -2.36. The lowest BCUT2D eigenvalue weighted by atomic mass is 10.1. The lowest BCUT2D eigenvalue weighted by Crippen LogP contribution is -2.46. The molecule has 0 aliphatic carbocycles. The van der Waals surface area contributed by atoms with Crippen LogP contribution in [0.4, 0.5) is 10.1 Å². The van der Waals surface area contributed by atoms with Gasteiger partial charge in [-0.2, -0.15) is 0 Å². The second-order valence-electron chi connectivity index (χ2n) is 4.33. The Bertz CT molecular complexity index is 376. The SMILES string of the molecule is CCN1CCN(c2c(F)cccc2CO)CC1. The fraction of sp³-hybridized carbons (Fsp3) is 0.538. The number of hydrogen-bond donors (Lipinski definition) is 1. The number of anilines is 1. The Labute approximate surface area is 101 Å². The number of hydrogen-bond acceptors (Lipinski definition) is 3. The minimum Gasteiger partial charge on any atom is -0.392 e. The summed E-state index contributed by atoms with van der Waals surface area (Å²) in [6.07, 6.45) is 0. The quantitative estimate of drug-likeness (QED) is 0.863. The summed E-state index contributed by atoms with van der Waals surface area (Å²) in [4.78, 5) is 4.38. The van der Waals surface area contributed by atoms with E-state index < -0.39 is 0 Å². The Morgan fingerprint density at radius 3 is 2.53 bits per heavy atom. The number of aliphatic hydroxyl groups is 1. The average molecular weight is 238 g/mol. The van der Waals surface area contributed by atoms with Crippen LogP contribution < -0.4 is 4.90 Å². The second kappa shape index (κ2) is 5.47. The maximum atomic E-state index is 13.8. The number of likely N-dealkylation sites (N-methyl/N-ethyl adjacent to an activating group) is 1. The van der Waals surface area contributed by atoms with E-state index in [1.807, 2.05) is 4.90 Å². The fourth-order valence-corrected chi connectivity index (χ4v) is 2.33. The highest BCUT2D eigenvalue weighted by Gasteiger charge is 2.20. The summed E-state index contributed by atoms with van der Waals surface area (Å²) in [5.41, 5.74) is 1.25. The molecule has 1 saturated heterocycles. The summed E-state index contributed by atoms with van der Waals surface area (Å²) in [5.74, 6) is -0.235. The molecule has 1 fully saturated rings. The molecule has 94 valence electrons. The molecule has 4 heteroatoms. The minimum atomic E-state index is -0.235. The van der Waals surface area contributed by atoms with E-state index in [1.54, 1.807) is 12.1 Å². The molecule has 17 heavy (non-hydrogen) atoms. The molecule has 0 bridgehead atoms. The van der Waals surface area contributed by atoms with E-state index >= 15 is 0 Å². The fourth-order valence-electron chi connectivity index (χ4n) is 2.33. The van der Waals surface area contributed by atoms with Crippen LogP contribution in [0.15, 0.2) is 18.2 Å². The van der Waals surface area contributed by atoms with Crippen molar-refractivity contribution in [3.05, 3.63) is 29.6 Å². The summed E-state index contributed by atoms with van der Waals surface area (Å²) in [5, 5.41) is 9.27. The van der Waals surface area contributed by atoms with Gasteiger partial charge >= 0.3 is 0 Å². The van der Waals surface area contributed by atoms with Gasteiger partial charge in [-0.05, 0) is 12.6 Å². The summed E-state index contributed by atoms with van der Waals surface area (Å²) in [6, 6.07) is 4.89. The summed E-state index contributed by atoms with van der Waals surface area (Å²) in [7, 11) is 0. The van der Waals surface area contributed by atoms with Gasteiger partial charge in [-0.15, -0.1) is 0 Å². The third kappa shape index (κ3) is 2.58. The molecule has 1 aromatic carbocycles. The van der Waals surface area contributed by atoms with Crippen molar-refractivity contribution in [1.82, 2.24) is 4.90 Å². The van der Waals surface area contributed by atoms with Crippen molar-refractivity contribution in [2.45, 2.75) is 13.5 Å². The van der Waals surface area contributed by atoms with Gasteiger partial charge in [0.05, 0.1) is 12.3 Å². The molecule has 0 spiro atoms. The van der Waals surface area contributed by atoms with E-state index in [2.05, 4.69) is 11.8 Å². The molecular formula is C13H19FN2O. The highest BCUT2D eigenvalue weighted by molar-refractivity contribution is 5.55. The average Bonchev–Trinajstić information content (AvgIpc) is 2.38. The molecule has 0 saturated carbocycles. The van der Waals surface area contributed by atoms with Crippen LogP contribution in [0.2, 0.25) is 0 Å². The molecule has 0 atom stereocenters. The molecule has 3 nitrogen and oxygen atoms in total. The zero-order valence-electron chi connectivity index (χ0n) is 10.2. The highest BCUT2D eigenvalue weighted by atomic mass is 19.1. The molecule has 1 heterocycles. The van der Waals surface area contributed by atoms with Crippen molar-refractivity contribution in [2.75, 3.05) is 37.6 Å². The predicted octanol–water partition coefficient (Wildman–Crippen LogP) is 1.46. The van der Waals surface area contributed by atoms with Gasteiger partial charge in [-0.25, -0.2) is 4.39 Å². The van der Waals surface area contributed by atoms with Crippen molar-refractivity contribution in [3.8, 4) is 0 Å². The van der Waals surface area contributed by atoms with Crippen LogP contribution in [-0.2, 0) is 6.61 Å². The first-order valence-electron chi connectivity index (χ1n) is 6.11. The minimum absolute atomic E-state index is 0.110. The van der Waals surface area contributed by atoms with Gasteiger partial charge in [0.25, 0.3) is 0 Å². The zero-order valence-corrected chi connectivity index (χ0v) is 10.2. The van der Waals surface area contributed by atoms with E-state index in [0.29, 0.717) is 11.3 Å². The van der Waals surface area contributed by atoms with Gasteiger partial charge in [0.15, 0.2) is 0 Å². The molecule has 1 aromatic rings. The molecule has 0 amide bonds. The third-order valence-corrected chi connectivity index (χ3v) is 3.38. The smallest absolute Gasteiger partial charge is 0.146 e. The summed E-state index contributed by atoms with van der Waals surface area (Å²) < 4.78 is 13.8. The van der Waals surface area contributed by atoms with Crippen LogP contribution >= 0.6 is 0 Å². The number of para-hydroxylation sites is 1. The first-order valence-corrected chi connectivity index (χ1v) is 6.11. The van der Waals surface area contributed by atoms with Gasteiger partial charge in [0.2, 0.25) is 0 Å². The Kier molecular flexibility index (Phi) is 3.97. The van der Waals surface area contributed by atoms with E-state index in [9.17, 15) is 9.50 Å². The van der Waals surface area contributed by atoms with Gasteiger partial charge < -0.3 is 14.9 Å². The van der Waals surface area contributed by atoms with Crippen LogP contribution in [0.5, 0.6) is 0 Å². The van der Waals surface area contributed by atoms with Crippen LogP contribution in [-0.4, -0.2) is 42.7 Å².